The molecule has 0 radical (unpaired) electrons. The minimum atomic E-state index is -0.0656. The molecule has 0 unspecified atom stereocenters. The quantitative estimate of drug-likeness (QED) is 0.321. The number of halogens is 1. The van der Waals surface area contributed by atoms with Gasteiger partial charge < -0.3 is 15.0 Å². The summed E-state index contributed by atoms with van der Waals surface area (Å²) >= 11 is 0. The molecular weight excluding hydrogens is 421 g/mol. The Kier molecular flexibility index (Phi) is 9.09. The molecule has 1 aliphatic rings. The molecule has 0 bridgehead atoms. The summed E-state index contributed by atoms with van der Waals surface area (Å²) in [6.07, 6.45) is 5.51. The Hall–Kier alpha value is -1.32. The van der Waals surface area contributed by atoms with Crippen LogP contribution in [0.2, 0.25) is 0 Å². The SMILES string of the molecule is CCOC(=O)C1CCN(C(=NC)NCCn2cc(C)cn2)CC1.I. The lowest BCUT2D eigenvalue weighted by Gasteiger charge is -2.33. The number of nitrogens with zero attached hydrogens (tertiary/aromatic N) is 4. The molecular formula is C16H28IN5O2. The molecule has 1 aromatic heterocycles. The van der Waals surface area contributed by atoms with Gasteiger partial charge in [0, 0.05) is 32.9 Å². The van der Waals surface area contributed by atoms with E-state index in [0.29, 0.717) is 6.61 Å². The zero-order chi connectivity index (χ0) is 16.7. The number of esters is 1. The molecule has 1 N–H and O–H groups in total. The average Bonchev–Trinajstić information content (AvgIpc) is 2.97. The molecule has 2 heterocycles. The summed E-state index contributed by atoms with van der Waals surface area (Å²) < 4.78 is 7.03. The number of hydrogen-bond donors (Lipinski definition) is 1. The lowest BCUT2D eigenvalue weighted by Crippen LogP contribution is -2.47. The maximum absolute atomic E-state index is 11.8. The topological polar surface area (TPSA) is 71.8 Å². The molecule has 1 aliphatic heterocycles. The predicted molar refractivity (Wildman–Crippen MR) is 105 cm³/mol. The van der Waals surface area contributed by atoms with Crippen LogP contribution in [0.15, 0.2) is 17.4 Å². The molecule has 0 saturated carbocycles. The summed E-state index contributed by atoms with van der Waals surface area (Å²) in [5.74, 6) is 0.844. The first-order chi connectivity index (χ1) is 11.1. The van der Waals surface area contributed by atoms with Gasteiger partial charge in [-0.15, -0.1) is 24.0 Å². The zero-order valence-corrected chi connectivity index (χ0v) is 17.0. The van der Waals surface area contributed by atoms with Crippen molar-refractivity contribution in [3.63, 3.8) is 0 Å². The Morgan fingerprint density at radius 2 is 2.17 bits per heavy atom. The Bertz CT molecular complexity index is 538. The normalized spacial score (nSPS) is 15.8. The Morgan fingerprint density at radius 3 is 2.71 bits per heavy atom. The second kappa shape index (κ2) is 10.5. The molecule has 1 saturated heterocycles. The van der Waals surface area contributed by atoms with Crippen molar-refractivity contribution in [3.8, 4) is 0 Å². The maximum atomic E-state index is 11.8. The Balaban J connectivity index is 0.00000288. The molecule has 0 aliphatic carbocycles. The van der Waals surface area contributed by atoms with E-state index in [1.165, 1.54) is 0 Å². The lowest BCUT2D eigenvalue weighted by molar-refractivity contribution is -0.149. The van der Waals surface area contributed by atoms with Crippen molar-refractivity contribution in [1.82, 2.24) is 20.0 Å². The minimum absolute atomic E-state index is 0. The fourth-order valence-electron chi connectivity index (χ4n) is 2.79. The van der Waals surface area contributed by atoms with Gasteiger partial charge in [-0.2, -0.15) is 5.10 Å². The van der Waals surface area contributed by atoms with E-state index in [2.05, 4.69) is 20.3 Å². The van der Waals surface area contributed by atoms with Crippen LogP contribution in [0.1, 0.15) is 25.3 Å². The van der Waals surface area contributed by atoms with E-state index in [0.717, 1.165) is 50.5 Å². The standard InChI is InChI=1S/C16H27N5O2.HI/c1-4-23-15(22)14-5-8-20(9-6-14)16(17-3)18-7-10-21-12-13(2)11-19-21;/h11-12,14H,4-10H2,1-3H3,(H,17,18);1H. The number of aliphatic imine (C=N–C) groups is 1. The summed E-state index contributed by atoms with van der Waals surface area (Å²) in [5.41, 5.74) is 1.16. The van der Waals surface area contributed by atoms with E-state index < -0.39 is 0 Å². The molecule has 1 aromatic rings. The van der Waals surface area contributed by atoms with Crippen molar-refractivity contribution in [2.45, 2.75) is 33.2 Å². The number of carbonyl (C=O) groups is 1. The summed E-state index contributed by atoms with van der Waals surface area (Å²) in [4.78, 5) is 18.3. The number of ether oxygens (including phenoxy) is 1. The highest BCUT2D eigenvalue weighted by Gasteiger charge is 2.27. The average molecular weight is 449 g/mol. The number of aryl methyl sites for hydroxylation is 1. The van der Waals surface area contributed by atoms with Crippen molar-refractivity contribution in [2.75, 3.05) is 33.3 Å². The molecule has 8 heteroatoms. The molecule has 0 atom stereocenters. The van der Waals surface area contributed by atoms with Gasteiger partial charge in [0.25, 0.3) is 0 Å². The molecule has 1 fully saturated rings. The van der Waals surface area contributed by atoms with Crippen LogP contribution in [0.3, 0.4) is 0 Å². The number of hydrogen-bond acceptors (Lipinski definition) is 4. The summed E-state index contributed by atoms with van der Waals surface area (Å²) in [7, 11) is 1.79. The van der Waals surface area contributed by atoms with E-state index >= 15 is 0 Å². The number of carbonyl (C=O) groups excluding carboxylic acids is 1. The smallest absolute Gasteiger partial charge is 0.309 e. The fourth-order valence-corrected chi connectivity index (χ4v) is 2.79. The third-order valence-corrected chi connectivity index (χ3v) is 4.01. The van der Waals surface area contributed by atoms with Crippen molar-refractivity contribution < 1.29 is 9.53 Å². The van der Waals surface area contributed by atoms with Crippen LogP contribution in [-0.4, -0.2) is 59.9 Å². The Labute approximate surface area is 160 Å². The second-order valence-corrected chi connectivity index (χ2v) is 5.77. The highest BCUT2D eigenvalue weighted by Crippen LogP contribution is 2.18. The van der Waals surface area contributed by atoms with Crippen LogP contribution in [0.25, 0.3) is 0 Å². The summed E-state index contributed by atoms with van der Waals surface area (Å²) in [5, 5.41) is 7.63. The van der Waals surface area contributed by atoms with Crippen LogP contribution in [0, 0.1) is 12.8 Å². The van der Waals surface area contributed by atoms with Gasteiger partial charge in [-0.1, -0.05) is 0 Å². The van der Waals surface area contributed by atoms with E-state index in [9.17, 15) is 4.79 Å². The monoisotopic (exact) mass is 449 g/mol. The van der Waals surface area contributed by atoms with Crippen LogP contribution in [0.5, 0.6) is 0 Å². The first kappa shape index (κ1) is 20.7. The highest BCUT2D eigenvalue weighted by molar-refractivity contribution is 14.0. The zero-order valence-electron chi connectivity index (χ0n) is 14.7. The third-order valence-electron chi connectivity index (χ3n) is 4.01. The molecule has 136 valence electrons. The van der Waals surface area contributed by atoms with Gasteiger partial charge in [0.1, 0.15) is 0 Å². The van der Waals surface area contributed by atoms with Gasteiger partial charge >= 0.3 is 5.97 Å². The van der Waals surface area contributed by atoms with E-state index in [1.54, 1.807) is 7.05 Å². The molecule has 0 spiro atoms. The highest BCUT2D eigenvalue weighted by atomic mass is 127. The van der Waals surface area contributed by atoms with E-state index in [-0.39, 0.29) is 35.9 Å². The van der Waals surface area contributed by atoms with Crippen LogP contribution in [-0.2, 0) is 16.1 Å². The van der Waals surface area contributed by atoms with Gasteiger partial charge in [-0.25, -0.2) is 0 Å². The van der Waals surface area contributed by atoms with Crippen molar-refractivity contribution >= 4 is 35.9 Å². The maximum Gasteiger partial charge on any atom is 0.309 e. The number of aromatic nitrogens is 2. The van der Waals surface area contributed by atoms with Crippen LogP contribution in [0.4, 0.5) is 0 Å². The first-order valence-corrected chi connectivity index (χ1v) is 8.25. The number of nitrogens with one attached hydrogen (secondary N) is 1. The van der Waals surface area contributed by atoms with Gasteiger partial charge in [-0.3, -0.25) is 14.5 Å². The molecule has 0 amide bonds. The minimum Gasteiger partial charge on any atom is -0.466 e. The third kappa shape index (κ3) is 5.95. The molecule has 24 heavy (non-hydrogen) atoms. The Morgan fingerprint density at radius 1 is 1.46 bits per heavy atom. The van der Waals surface area contributed by atoms with Gasteiger partial charge in [0.15, 0.2) is 5.96 Å². The molecule has 2 rings (SSSR count). The fraction of sp³-hybridized carbons (Fsp3) is 0.688. The predicted octanol–water partition coefficient (Wildman–Crippen LogP) is 1.66. The number of rotatable bonds is 5. The largest absolute Gasteiger partial charge is 0.466 e. The molecule has 0 aromatic carbocycles. The van der Waals surface area contributed by atoms with Crippen molar-refractivity contribution in [3.05, 3.63) is 18.0 Å². The summed E-state index contributed by atoms with van der Waals surface area (Å²) in [6, 6.07) is 0. The number of piperidine rings is 1. The second-order valence-electron chi connectivity index (χ2n) is 5.77. The molecule has 7 nitrogen and oxygen atoms in total. The van der Waals surface area contributed by atoms with Gasteiger partial charge in [0.2, 0.25) is 0 Å². The summed E-state index contributed by atoms with van der Waals surface area (Å²) in [6.45, 7) is 7.55. The number of likely N-dealkylation sites (tertiary alicyclic amines) is 1. The number of guanidine groups is 1. The van der Waals surface area contributed by atoms with Gasteiger partial charge in [0.05, 0.1) is 25.3 Å². The van der Waals surface area contributed by atoms with E-state index in [4.69, 9.17) is 4.74 Å². The lowest BCUT2D eigenvalue weighted by atomic mass is 9.97. The van der Waals surface area contributed by atoms with Crippen LogP contribution < -0.4 is 5.32 Å². The van der Waals surface area contributed by atoms with Crippen LogP contribution >= 0.6 is 24.0 Å². The van der Waals surface area contributed by atoms with Crippen molar-refractivity contribution in [2.24, 2.45) is 10.9 Å². The van der Waals surface area contributed by atoms with Gasteiger partial charge in [-0.05, 0) is 32.3 Å². The van der Waals surface area contributed by atoms with E-state index in [1.807, 2.05) is 30.9 Å². The van der Waals surface area contributed by atoms with Crippen molar-refractivity contribution in [1.29, 1.82) is 0 Å². The first-order valence-electron chi connectivity index (χ1n) is 8.25.